The number of carbonyl (C=O) groups is 1. The van der Waals surface area contributed by atoms with Gasteiger partial charge >= 0.3 is 6.09 Å². The zero-order valence-corrected chi connectivity index (χ0v) is 17.2. The number of hydrogen-bond acceptors (Lipinski definition) is 3. The summed E-state index contributed by atoms with van der Waals surface area (Å²) in [7, 11) is 1.99. The van der Waals surface area contributed by atoms with Crippen LogP contribution in [0.4, 0.5) is 4.79 Å². The van der Waals surface area contributed by atoms with E-state index in [2.05, 4.69) is 34.8 Å². The number of alkyl carbamates (subject to hydrolysis) is 1. The van der Waals surface area contributed by atoms with Gasteiger partial charge in [0.1, 0.15) is 5.60 Å². The fraction of sp³-hybridized carbons (Fsp3) is 0.684. The summed E-state index contributed by atoms with van der Waals surface area (Å²) in [5, 5.41) is 9.48. The molecule has 0 aliphatic carbocycles. The highest BCUT2D eigenvalue weighted by molar-refractivity contribution is 5.79. The number of hydrogen-bond donors (Lipinski definition) is 3. The van der Waals surface area contributed by atoms with Gasteiger partial charge in [-0.2, -0.15) is 0 Å². The summed E-state index contributed by atoms with van der Waals surface area (Å²) in [5.74, 6) is 0.986. The molecule has 1 rings (SSSR count). The first kappa shape index (κ1) is 21.9. The van der Waals surface area contributed by atoms with E-state index < -0.39 is 11.7 Å². The van der Waals surface area contributed by atoms with Crippen molar-refractivity contribution in [2.75, 3.05) is 13.1 Å². The van der Waals surface area contributed by atoms with Gasteiger partial charge in [0.15, 0.2) is 5.96 Å². The van der Waals surface area contributed by atoms with Crippen molar-refractivity contribution < 1.29 is 9.53 Å². The van der Waals surface area contributed by atoms with E-state index >= 15 is 0 Å². The Morgan fingerprint density at radius 1 is 1.31 bits per heavy atom. The van der Waals surface area contributed by atoms with Crippen molar-refractivity contribution in [3.8, 4) is 0 Å². The Morgan fingerprint density at radius 3 is 2.50 bits per heavy atom. The van der Waals surface area contributed by atoms with Gasteiger partial charge in [0, 0.05) is 32.5 Å². The maximum absolute atomic E-state index is 12.0. The monoisotopic (exact) mass is 365 g/mol. The number of nitrogens with one attached hydrogen (secondary N) is 3. The largest absolute Gasteiger partial charge is 0.444 e. The van der Waals surface area contributed by atoms with E-state index in [1.807, 2.05) is 57.8 Å². The van der Waals surface area contributed by atoms with Crippen LogP contribution < -0.4 is 16.0 Å². The maximum atomic E-state index is 12.0. The Balaban J connectivity index is 2.63. The van der Waals surface area contributed by atoms with Crippen LogP contribution in [0.2, 0.25) is 0 Å². The minimum absolute atomic E-state index is 0.0644. The van der Waals surface area contributed by atoms with E-state index in [1.165, 1.54) is 0 Å². The predicted molar refractivity (Wildman–Crippen MR) is 106 cm³/mol. The molecule has 0 radical (unpaired) electrons. The van der Waals surface area contributed by atoms with Crippen LogP contribution in [-0.2, 0) is 18.3 Å². The molecule has 148 valence electrons. The third-order valence-corrected chi connectivity index (χ3v) is 3.65. The van der Waals surface area contributed by atoms with Crippen LogP contribution >= 0.6 is 0 Å². The summed E-state index contributed by atoms with van der Waals surface area (Å²) in [5.41, 5.74) is 0.641. The number of aryl methyl sites for hydroxylation is 1. The number of aliphatic imine (C=N–C) groups is 1. The van der Waals surface area contributed by atoms with Crippen LogP contribution in [0, 0.1) is 5.92 Å². The number of ether oxygens (including phenoxy) is 1. The molecule has 0 aliphatic rings. The van der Waals surface area contributed by atoms with Crippen LogP contribution in [0.1, 0.15) is 47.1 Å². The molecule has 0 saturated heterocycles. The third-order valence-electron chi connectivity index (χ3n) is 3.65. The molecule has 1 unspecified atom stereocenters. The lowest BCUT2D eigenvalue weighted by Gasteiger charge is -2.26. The van der Waals surface area contributed by atoms with Gasteiger partial charge < -0.3 is 25.3 Å². The molecule has 1 aromatic heterocycles. The molecule has 0 aromatic carbocycles. The van der Waals surface area contributed by atoms with Crippen LogP contribution in [0.25, 0.3) is 0 Å². The van der Waals surface area contributed by atoms with E-state index in [1.54, 1.807) is 0 Å². The molecular formula is C19H35N5O2. The zero-order chi connectivity index (χ0) is 19.7. The summed E-state index contributed by atoms with van der Waals surface area (Å²) < 4.78 is 7.36. The Bertz CT molecular complexity index is 587. The first-order valence-electron chi connectivity index (χ1n) is 9.23. The van der Waals surface area contributed by atoms with Gasteiger partial charge in [-0.05, 0) is 45.2 Å². The second kappa shape index (κ2) is 10.1. The second-order valence-corrected chi connectivity index (χ2v) is 7.76. The van der Waals surface area contributed by atoms with E-state index in [-0.39, 0.29) is 12.0 Å². The Labute approximate surface area is 157 Å². The molecule has 0 spiro atoms. The molecule has 1 amide bonds. The molecule has 7 nitrogen and oxygen atoms in total. The number of aromatic nitrogens is 1. The van der Waals surface area contributed by atoms with Crippen molar-refractivity contribution in [1.29, 1.82) is 0 Å². The Morgan fingerprint density at radius 2 is 2.00 bits per heavy atom. The van der Waals surface area contributed by atoms with Gasteiger partial charge in [0.25, 0.3) is 0 Å². The third kappa shape index (κ3) is 8.78. The average molecular weight is 366 g/mol. The normalized spacial score (nSPS) is 13.5. The van der Waals surface area contributed by atoms with Crippen molar-refractivity contribution in [3.05, 3.63) is 24.0 Å². The molecule has 1 atom stereocenters. The summed E-state index contributed by atoms with van der Waals surface area (Å²) >= 11 is 0. The van der Waals surface area contributed by atoms with Crippen molar-refractivity contribution in [2.24, 2.45) is 18.0 Å². The molecule has 7 heteroatoms. The van der Waals surface area contributed by atoms with Crippen LogP contribution in [0.15, 0.2) is 23.5 Å². The number of amides is 1. The molecule has 1 heterocycles. The van der Waals surface area contributed by atoms with Gasteiger partial charge in [-0.25, -0.2) is 9.79 Å². The van der Waals surface area contributed by atoms with Crippen molar-refractivity contribution >= 4 is 12.1 Å². The summed E-state index contributed by atoms with van der Waals surface area (Å²) in [4.78, 5) is 16.7. The summed E-state index contributed by atoms with van der Waals surface area (Å²) in [6, 6.07) is 1.99. The molecule has 0 aliphatic heterocycles. The Kier molecular flexibility index (Phi) is 8.48. The number of guanidine groups is 1. The average Bonchev–Trinajstić information content (AvgIpc) is 2.92. The highest BCUT2D eigenvalue weighted by atomic mass is 16.6. The molecule has 1 aromatic rings. The first-order valence-corrected chi connectivity index (χ1v) is 9.23. The Hall–Kier alpha value is -2.18. The lowest BCUT2D eigenvalue weighted by atomic mass is 10.0. The SMILES string of the molecule is CCNC(=NCc1ccn(C)c1)NCC(NC(=O)OC(C)(C)C)C(C)C. The van der Waals surface area contributed by atoms with Gasteiger partial charge in [0.05, 0.1) is 12.6 Å². The van der Waals surface area contributed by atoms with Gasteiger partial charge in [-0.1, -0.05) is 13.8 Å². The summed E-state index contributed by atoms with van der Waals surface area (Å²) in [6.07, 6.45) is 3.66. The number of nitrogens with zero attached hydrogens (tertiary/aromatic N) is 2. The van der Waals surface area contributed by atoms with Crippen LogP contribution in [0.3, 0.4) is 0 Å². The van der Waals surface area contributed by atoms with Crippen molar-refractivity contribution in [2.45, 2.75) is 59.7 Å². The van der Waals surface area contributed by atoms with Crippen LogP contribution in [0.5, 0.6) is 0 Å². The smallest absolute Gasteiger partial charge is 0.407 e. The maximum Gasteiger partial charge on any atom is 0.407 e. The van der Waals surface area contributed by atoms with E-state index in [0.717, 1.165) is 18.1 Å². The second-order valence-electron chi connectivity index (χ2n) is 7.76. The van der Waals surface area contributed by atoms with E-state index in [0.29, 0.717) is 13.1 Å². The fourth-order valence-corrected chi connectivity index (χ4v) is 2.29. The van der Waals surface area contributed by atoms with E-state index in [4.69, 9.17) is 4.74 Å². The predicted octanol–water partition coefficient (Wildman–Crippen LogP) is 2.63. The van der Waals surface area contributed by atoms with Crippen molar-refractivity contribution in [3.63, 3.8) is 0 Å². The zero-order valence-electron chi connectivity index (χ0n) is 17.2. The minimum Gasteiger partial charge on any atom is -0.444 e. The highest BCUT2D eigenvalue weighted by Crippen LogP contribution is 2.08. The van der Waals surface area contributed by atoms with Crippen molar-refractivity contribution in [1.82, 2.24) is 20.5 Å². The van der Waals surface area contributed by atoms with E-state index in [9.17, 15) is 4.79 Å². The van der Waals surface area contributed by atoms with Crippen LogP contribution in [-0.4, -0.2) is 41.4 Å². The molecule has 0 bridgehead atoms. The van der Waals surface area contributed by atoms with Gasteiger partial charge in [-0.3, -0.25) is 0 Å². The van der Waals surface area contributed by atoms with Gasteiger partial charge in [0.2, 0.25) is 0 Å². The molecule has 26 heavy (non-hydrogen) atoms. The minimum atomic E-state index is -0.509. The molecule has 3 N–H and O–H groups in total. The number of carbonyl (C=O) groups excluding carboxylic acids is 1. The molecular weight excluding hydrogens is 330 g/mol. The van der Waals surface area contributed by atoms with Gasteiger partial charge in [-0.15, -0.1) is 0 Å². The first-order chi connectivity index (χ1) is 12.1. The fourth-order valence-electron chi connectivity index (χ4n) is 2.29. The standard InChI is InChI=1S/C19H35N5O2/c1-8-20-17(21-11-15-9-10-24(7)13-15)22-12-16(14(2)3)23-18(25)26-19(4,5)6/h9-10,13-14,16H,8,11-12H2,1-7H3,(H,23,25)(H2,20,21,22). The molecule has 0 fully saturated rings. The quantitative estimate of drug-likeness (QED) is 0.513. The highest BCUT2D eigenvalue weighted by Gasteiger charge is 2.21. The molecule has 0 saturated carbocycles. The number of rotatable bonds is 7. The topological polar surface area (TPSA) is 79.7 Å². The lowest BCUT2D eigenvalue weighted by Crippen LogP contribution is -2.50. The lowest BCUT2D eigenvalue weighted by molar-refractivity contribution is 0.0491. The summed E-state index contributed by atoms with van der Waals surface area (Å²) in [6.45, 7) is 13.7.